The number of benzene rings is 1. The number of hydrogen-bond acceptors (Lipinski definition) is 6. The number of piperazine rings is 1. The zero-order valence-electron chi connectivity index (χ0n) is 18.1. The molecule has 11 heteroatoms. The minimum absolute atomic E-state index is 0. The van der Waals surface area contributed by atoms with E-state index in [1.165, 1.54) is 16.1 Å². The second-order valence-electron chi connectivity index (χ2n) is 7.17. The first kappa shape index (κ1) is 25.4. The van der Waals surface area contributed by atoms with Crippen molar-refractivity contribution in [2.75, 3.05) is 46.9 Å². The van der Waals surface area contributed by atoms with Crippen LogP contribution >= 0.6 is 24.0 Å². The van der Waals surface area contributed by atoms with Crippen molar-refractivity contribution in [3.8, 4) is 5.75 Å². The molecule has 1 saturated heterocycles. The molecule has 0 amide bonds. The highest BCUT2D eigenvalue weighted by Crippen LogP contribution is 2.20. The third-order valence-corrected chi connectivity index (χ3v) is 6.89. The van der Waals surface area contributed by atoms with Crippen molar-refractivity contribution in [1.82, 2.24) is 19.7 Å². The topological polar surface area (TPSA) is 100 Å². The summed E-state index contributed by atoms with van der Waals surface area (Å²) in [6.45, 7) is 4.73. The van der Waals surface area contributed by atoms with Crippen LogP contribution in [0.1, 0.15) is 16.8 Å². The fourth-order valence-electron chi connectivity index (χ4n) is 3.51. The van der Waals surface area contributed by atoms with Gasteiger partial charge in [-0.05, 0) is 25.0 Å². The molecular formula is C20H30IN5O4S. The molecule has 1 N–H and O–H groups in total. The molecule has 0 spiro atoms. The summed E-state index contributed by atoms with van der Waals surface area (Å²) >= 11 is 0. The molecule has 0 unspecified atom stereocenters. The summed E-state index contributed by atoms with van der Waals surface area (Å²) in [4.78, 5) is 6.44. The van der Waals surface area contributed by atoms with Crippen LogP contribution in [0.4, 0.5) is 0 Å². The van der Waals surface area contributed by atoms with Crippen LogP contribution in [0.25, 0.3) is 0 Å². The Balaban J connectivity index is 0.00000341. The number of halogens is 1. The lowest BCUT2D eigenvalue weighted by atomic mass is 10.1. The Morgan fingerprint density at radius 3 is 2.61 bits per heavy atom. The monoisotopic (exact) mass is 563 g/mol. The van der Waals surface area contributed by atoms with Gasteiger partial charge in [-0.3, -0.25) is 4.99 Å². The summed E-state index contributed by atoms with van der Waals surface area (Å²) in [7, 11) is -0.000299. The zero-order chi connectivity index (χ0) is 21.6. The van der Waals surface area contributed by atoms with Crippen LogP contribution in [-0.4, -0.2) is 75.6 Å². The minimum atomic E-state index is -3.42. The third-order valence-electron chi connectivity index (χ3n) is 5.08. The first-order valence-corrected chi connectivity index (χ1v) is 11.5. The van der Waals surface area contributed by atoms with Crippen molar-refractivity contribution in [2.24, 2.45) is 4.99 Å². The largest absolute Gasteiger partial charge is 0.496 e. The quantitative estimate of drug-likeness (QED) is 0.312. The maximum absolute atomic E-state index is 12.6. The number of hydrogen-bond donors (Lipinski definition) is 1. The second-order valence-corrected chi connectivity index (χ2v) is 9.14. The lowest BCUT2D eigenvalue weighted by molar-refractivity contribution is 0.260. The molecule has 0 bridgehead atoms. The predicted octanol–water partition coefficient (Wildman–Crippen LogP) is 1.88. The van der Waals surface area contributed by atoms with E-state index in [0.717, 1.165) is 23.7 Å². The molecule has 1 fully saturated rings. The van der Waals surface area contributed by atoms with Gasteiger partial charge in [-0.2, -0.15) is 4.31 Å². The van der Waals surface area contributed by atoms with Crippen LogP contribution in [0.15, 0.2) is 40.0 Å². The number of ether oxygens (including phenoxy) is 1. The van der Waals surface area contributed by atoms with Crippen molar-refractivity contribution in [2.45, 2.75) is 19.1 Å². The predicted molar refractivity (Wildman–Crippen MR) is 130 cm³/mol. The van der Waals surface area contributed by atoms with Gasteiger partial charge in [-0.1, -0.05) is 22.9 Å². The molecule has 3 rings (SSSR count). The normalized spacial score (nSPS) is 15.5. The summed E-state index contributed by atoms with van der Waals surface area (Å²) in [6, 6.07) is 7.72. The van der Waals surface area contributed by atoms with E-state index in [1.807, 2.05) is 12.1 Å². The lowest BCUT2D eigenvalue weighted by Gasteiger charge is -2.35. The van der Waals surface area contributed by atoms with E-state index < -0.39 is 10.0 Å². The molecule has 0 aliphatic carbocycles. The van der Waals surface area contributed by atoms with E-state index in [0.29, 0.717) is 38.4 Å². The molecule has 1 aliphatic heterocycles. The molecular weight excluding hydrogens is 533 g/mol. The first-order valence-electron chi connectivity index (χ1n) is 9.89. The molecule has 31 heavy (non-hydrogen) atoms. The van der Waals surface area contributed by atoms with Crippen molar-refractivity contribution in [3.05, 3.63) is 47.3 Å². The highest BCUT2D eigenvalue weighted by molar-refractivity contribution is 14.0. The summed E-state index contributed by atoms with van der Waals surface area (Å²) in [5.41, 5.74) is 2.75. The highest BCUT2D eigenvalue weighted by atomic mass is 127. The average molecular weight is 563 g/mol. The van der Waals surface area contributed by atoms with Crippen LogP contribution in [0, 0.1) is 6.92 Å². The maximum atomic E-state index is 12.6. The maximum Gasteiger partial charge on any atom is 0.220 e. The number of aliphatic imine (C=N–C) groups is 1. The van der Waals surface area contributed by atoms with Gasteiger partial charge in [0, 0.05) is 45.8 Å². The van der Waals surface area contributed by atoms with E-state index in [2.05, 4.69) is 33.4 Å². The van der Waals surface area contributed by atoms with Gasteiger partial charge >= 0.3 is 0 Å². The standard InChI is InChI=1S/C20H29N5O4S.HI/c1-16-4-5-19(28-3)17(14-16)6-8-22-20(21-2)24-9-11-25(12-10-24)30(26,27)15-18-7-13-29-23-18;/h4-5,7,13-14H,6,8-12,15H2,1-3H3,(H,21,22);1H. The molecule has 2 heterocycles. The number of rotatable bonds is 7. The summed E-state index contributed by atoms with van der Waals surface area (Å²) in [5.74, 6) is 1.51. The molecule has 9 nitrogen and oxygen atoms in total. The Morgan fingerprint density at radius 1 is 1.26 bits per heavy atom. The third kappa shape index (κ3) is 6.81. The van der Waals surface area contributed by atoms with Crippen molar-refractivity contribution >= 4 is 40.0 Å². The number of aryl methyl sites for hydroxylation is 1. The first-order chi connectivity index (χ1) is 14.4. The fraction of sp³-hybridized carbons (Fsp3) is 0.500. The molecule has 0 radical (unpaired) electrons. The van der Waals surface area contributed by atoms with Crippen molar-refractivity contribution in [1.29, 1.82) is 0 Å². The van der Waals surface area contributed by atoms with Gasteiger partial charge in [-0.15, -0.1) is 24.0 Å². The van der Waals surface area contributed by atoms with Crippen LogP contribution in [0.3, 0.4) is 0 Å². The Morgan fingerprint density at radius 2 is 2.00 bits per heavy atom. The van der Waals surface area contributed by atoms with Gasteiger partial charge in [-0.25, -0.2) is 8.42 Å². The van der Waals surface area contributed by atoms with E-state index in [9.17, 15) is 8.42 Å². The Labute approximate surface area is 200 Å². The Bertz CT molecular complexity index is 958. The summed E-state index contributed by atoms with van der Waals surface area (Å²) in [6.07, 6.45) is 2.18. The molecule has 2 aromatic rings. The van der Waals surface area contributed by atoms with Gasteiger partial charge in [0.25, 0.3) is 0 Å². The molecule has 0 atom stereocenters. The molecule has 1 aromatic heterocycles. The fourth-order valence-corrected chi connectivity index (χ4v) is 4.94. The van der Waals surface area contributed by atoms with Crippen LogP contribution in [-0.2, 0) is 22.2 Å². The lowest BCUT2D eigenvalue weighted by Crippen LogP contribution is -2.54. The smallest absolute Gasteiger partial charge is 0.220 e. The van der Waals surface area contributed by atoms with E-state index in [4.69, 9.17) is 9.26 Å². The Hall–Kier alpha value is -1.86. The van der Waals surface area contributed by atoms with Gasteiger partial charge in [0.05, 0.1) is 12.8 Å². The molecule has 1 aliphatic rings. The van der Waals surface area contributed by atoms with Gasteiger partial charge in [0.1, 0.15) is 17.8 Å². The van der Waals surface area contributed by atoms with E-state index >= 15 is 0 Å². The highest BCUT2D eigenvalue weighted by Gasteiger charge is 2.28. The van der Waals surface area contributed by atoms with Gasteiger partial charge < -0.3 is 19.5 Å². The average Bonchev–Trinajstić information content (AvgIpc) is 3.24. The SMILES string of the molecule is CN=C(NCCc1cc(C)ccc1OC)N1CCN(S(=O)(=O)Cc2ccon2)CC1.I. The van der Waals surface area contributed by atoms with Crippen LogP contribution < -0.4 is 10.1 Å². The second kappa shape index (κ2) is 11.7. The zero-order valence-corrected chi connectivity index (χ0v) is 21.2. The van der Waals surface area contributed by atoms with E-state index in [1.54, 1.807) is 20.2 Å². The van der Waals surface area contributed by atoms with Gasteiger partial charge in [0.15, 0.2) is 5.96 Å². The van der Waals surface area contributed by atoms with Crippen molar-refractivity contribution in [3.63, 3.8) is 0 Å². The minimum Gasteiger partial charge on any atom is -0.496 e. The number of nitrogens with one attached hydrogen (secondary N) is 1. The number of nitrogens with zero attached hydrogens (tertiary/aromatic N) is 4. The molecule has 0 saturated carbocycles. The molecule has 1 aromatic carbocycles. The van der Waals surface area contributed by atoms with E-state index in [-0.39, 0.29) is 29.7 Å². The number of methoxy groups -OCH3 is 1. The Kier molecular flexibility index (Phi) is 9.56. The molecule has 172 valence electrons. The number of sulfonamides is 1. The summed E-state index contributed by atoms with van der Waals surface area (Å²) < 4.78 is 36.8. The van der Waals surface area contributed by atoms with Gasteiger partial charge in [0.2, 0.25) is 10.0 Å². The van der Waals surface area contributed by atoms with Crippen LogP contribution in [0.5, 0.6) is 5.75 Å². The number of aromatic nitrogens is 1. The summed E-state index contributed by atoms with van der Waals surface area (Å²) in [5, 5.41) is 7.08. The van der Waals surface area contributed by atoms with Crippen LogP contribution in [0.2, 0.25) is 0 Å². The van der Waals surface area contributed by atoms with Crippen molar-refractivity contribution < 1.29 is 17.7 Å². The number of guanidine groups is 1.